The van der Waals surface area contributed by atoms with Crippen molar-refractivity contribution in [2.45, 2.75) is 32.6 Å². The van der Waals surface area contributed by atoms with Crippen molar-refractivity contribution in [2.24, 2.45) is 11.1 Å². The standard InChI is InChI=1S/C13H24N2O2/c1-11(2)9-17-8-7-15-12(16)13(10-14)5-3-4-6-13/h1,3-10,14H2,2H3,(H,15,16). The summed E-state index contributed by atoms with van der Waals surface area (Å²) < 4.78 is 5.33. The molecule has 1 fully saturated rings. The third-order valence-electron chi connectivity index (χ3n) is 3.31. The first-order chi connectivity index (χ1) is 8.10. The third-order valence-corrected chi connectivity index (χ3v) is 3.31. The number of rotatable bonds is 7. The van der Waals surface area contributed by atoms with E-state index in [4.69, 9.17) is 10.5 Å². The van der Waals surface area contributed by atoms with Crippen LogP contribution in [0, 0.1) is 5.41 Å². The second-order valence-corrected chi connectivity index (χ2v) is 4.96. The van der Waals surface area contributed by atoms with E-state index < -0.39 is 0 Å². The Hall–Kier alpha value is -0.870. The normalized spacial score (nSPS) is 18.0. The first-order valence-electron chi connectivity index (χ1n) is 6.31. The summed E-state index contributed by atoms with van der Waals surface area (Å²) in [5.74, 6) is 0.0939. The highest BCUT2D eigenvalue weighted by Gasteiger charge is 2.39. The highest BCUT2D eigenvalue weighted by Crippen LogP contribution is 2.37. The van der Waals surface area contributed by atoms with Crippen molar-refractivity contribution in [2.75, 3.05) is 26.3 Å². The molecule has 0 heterocycles. The minimum Gasteiger partial charge on any atom is -0.375 e. The maximum Gasteiger partial charge on any atom is 0.227 e. The van der Waals surface area contributed by atoms with E-state index in [1.54, 1.807) is 0 Å². The first-order valence-corrected chi connectivity index (χ1v) is 6.31. The minimum atomic E-state index is -0.311. The van der Waals surface area contributed by atoms with Crippen LogP contribution in [0.4, 0.5) is 0 Å². The summed E-state index contributed by atoms with van der Waals surface area (Å²) in [5.41, 5.74) is 6.42. The Morgan fingerprint density at radius 2 is 2.12 bits per heavy atom. The molecule has 98 valence electrons. The fraction of sp³-hybridized carbons (Fsp3) is 0.769. The van der Waals surface area contributed by atoms with Crippen LogP contribution in [0.3, 0.4) is 0 Å². The van der Waals surface area contributed by atoms with Crippen LogP contribution in [0.2, 0.25) is 0 Å². The molecule has 1 rings (SSSR count). The molecule has 0 aromatic rings. The highest BCUT2D eigenvalue weighted by atomic mass is 16.5. The lowest BCUT2D eigenvalue weighted by atomic mass is 9.85. The summed E-state index contributed by atoms with van der Waals surface area (Å²) in [6, 6.07) is 0. The Morgan fingerprint density at radius 3 is 2.65 bits per heavy atom. The lowest BCUT2D eigenvalue weighted by Gasteiger charge is -2.25. The molecular weight excluding hydrogens is 216 g/mol. The number of carbonyl (C=O) groups is 1. The van der Waals surface area contributed by atoms with Crippen molar-refractivity contribution in [1.29, 1.82) is 0 Å². The zero-order valence-corrected chi connectivity index (χ0v) is 10.8. The van der Waals surface area contributed by atoms with Gasteiger partial charge in [0.05, 0.1) is 18.6 Å². The van der Waals surface area contributed by atoms with Gasteiger partial charge >= 0.3 is 0 Å². The van der Waals surface area contributed by atoms with Gasteiger partial charge in [-0.3, -0.25) is 4.79 Å². The summed E-state index contributed by atoms with van der Waals surface area (Å²) >= 11 is 0. The molecule has 1 aliphatic rings. The molecule has 17 heavy (non-hydrogen) atoms. The lowest BCUT2D eigenvalue weighted by molar-refractivity contribution is -0.130. The maximum absolute atomic E-state index is 12.0. The molecule has 1 saturated carbocycles. The van der Waals surface area contributed by atoms with Gasteiger partial charge in [-0.15, -0.1) is 0 Å². The monoisotopic (exact) mass is 240 g/mol. The van der Waals surface area contributed by atoms with Crippen molar-refractivity contribution in [1.82, 2.24) is 5.32 Å². The van der Waals surface area contributed by atoms with Gasteiger partial charge in [-0.2, -0.15) is 0 Å². The minimum absolute atomic E-state index is 0.0939. The molecule has 1 amide bonds. The van der Waals surface area contributed by atoms with E-state index in [-0.39, 0.29) is 11.3 Å². The second-order valence-electron chi connectivity index (χ2n) is 4.96. The first kappa shape index (κ1) is 14.2. The lowest BCUT2D eigenvalue weighted by Crippen LogP contribution is -2.45. The van der Waals surface area contributed by atoms with Gasteiger partial charge in [-0.25, -0.2) is 0 Å². The van der Waals surface area contributed by atoms with Crippen molar-refractivity contribution in [3.05, 3.63) is 12.2 Å². The van der Waals surface area contributed by atoms with Crippen molar-refractivity contribution in [3.8, 4) is 0 Å². The molecule has 0 bridgehead atoms. The zero-order valence-electron chi connectivity index (χ0n) is 10.8. The molecule has 3 N–H and O–H groups in total. The second kappa shape index (κ2) is 6.77. The molecule has 0 aromatic heterocycles. The number of carbonyl (C=O) groups excluding carboxylic acids is 1. The van der Waals surface area contributed by atoms with Crippen molar-refractivity contribution in [3.63, 3.8) is 0 Å². The van der Waals surface area contributed by atoms with Crippen LogP contribution < -0.4 is 11.1 Å². The van der Waals surface area contributed by atoms with Crippen LogP contribution in [-0.4, -0.2) is 32.2 Å². The van der Waals surface area contributed by atoms with Crippen LogP contribution in [0.15, 0.2) is 12.2 Å². The highest BCUT2D eigenvalue weighted by molar-refractivity contribution is 5.83. The van der Waals surface area contributed by atoms with Gasteiger partial charge in [-0.05, 0) is 19.8 Å². The Balaban J connectivity index is 2.22. The topological polar surface area (TPSA) is 64.3 Å². The predicted octanol–water partition coefficient (Wildman–Crippen LogP) is 1.21. The largest absolute Gasteiger partial charge is 0.375 e. The van der Waals surface area contributed by atoms with Crippen LogP contribution >= 0.6 is 0 Å². The molecule has 4 nitrogen and oxygen atoms in total. The number of hydrogen-bond acceptors (Lipinski definition) is 3. The average molecular weight is 240 g/mol. The van der Waals surface area contributed by atoms with E-state index in [2.05, 4.69) is 11.9 Å². The van der Waals surface area contributed by atoms with Gasteiger partial charge in [0.1, 0.15) is 0 Å². The van der Waals surface area contributed by atoms with Gasteiger partial charge in [0.25, 0.3) is 0 Å². The molecular formula is C13H24N2O2. The number of ether oxygens (including phenoxy) is 1. The van der Waals surface area contributed by atoms with E-state index in [0.717, 1.165) is 31.3 Å². The van der Waals surface area contributed by atoms with E-state index in [0.29, 0.717) is 26.3 Å². The van der Waals surface area contributed by atoms with Crippen LogP contribution in [0.25, 0.3) is 0 Å². The molecule has 4 heteroatoms. The molecule has 0 spiro atoms. The molecule has 0 aromatic carbocycles. The number of hydrogen-bond donors (Lipinski definition) is 2. The van der Waals surface area contributed by atoms with E-state index >= 15 is 0 Å². The fourth-order valence-electron chi connectivity index (χ4n) is 2.25. The van der Waals surface area contributed by atoms with E-state index in [9.17, 15) is 4.79 Å². The summed E-state index contributed by atoms with van der Waals surface area (Å²) in [6.45, 7) is 7.74. The zero-order chi connectivity index (χ0) is 12.7. The smallest absolute Gasteiger partial charge is 0.227 e. The summed E-state index contributed by atoms with van der Waals surface area (Å²) in [7, 11) is 0. The number of nitrogens with one attached hydrogen (secondary N) is 1. The van der Waals surface area contributed by atoms with Crippen LogP contribution in [0.5, 0.6) is 0 Å². The van der Waals surface area contributed by atoms with Gasteiger partial charge in [0.2, 0.25) is 5.91 Å². The van der Waals surface area contributed by atoms with Crippen molar-refractivity contribution < 1.29 is 9.53 Å². The van der Waals surface area contributed by atoms with Crippen LogP contribution in [0.1, 0.15) is 32.6 Å². The van der Waals surface area contributed by atoms with Gasteiger partial charge in [0.15, 0.2) is 0 Å². The molecule has 1 aliphatic carbocycles. The third kappa shape index (κ3) is 4.13. The predicted molar refractivity (Wildman–Crippen MR) is 68.6 cm³/mol. The average Bonchev–Trinajstić information content (AvgIpc) is 2.77. The van der Waals surface area contributed by atoms with Gasteiger partial charge in [-0.1, -0.05) is 25.0 Å². The Morgan fingerprint density at radius 1 is 1.47 bits per heavy atom. The van der Waals surface area contributed by atoms with Gasteiger partial charge < -0.3 is 15.8 Å². The summed E-state index contributed by atoms with van der Waals surface area (Å²) in [6.07, 6.45) is 4.05. The fourth-order valence-corrected chi connectivity index (χ4v) is 2.25. The van der Waals surface area contributed by atoms with E-state index in [1.807, 2.05) is 6.92 Å². The molecule has 0 aliphatic heterocycles. The Labute approximate surface area is 104 Å². The van der Waals surface area contributed by atoms with Crippen molar-refractivity contribution >= 4 is 5.91 Å². The maximum atomic E-state index is 12.0. The van der Waals surface area contributed by atoms with Crippen LogP contribution in [-0.2, 0) is 9.53 Å². The SMILES string of the molecule is C=C(C)COCCNC(=O)C1(CN)CCCC1. The van der Waals surface area contributed by atoms with E-state index in [1.165, 1.54) is 0 Å². The summed E-state index contributed by atoms with van der Waals surface area (Å²) in [4.78, 5) is 12.0. The Bertz CT molecular complexity index is 271. The van der Waals surface area contributed by atoms with Gasteiger partial charge in [0, 0.05) is 13.1 Å². The number of amides is 1. The molecule has 0 atom stereocenters. The Kier molecular flexibility index (Phi) is 5.65. The molecule has 0 saturated heterocycles. The molecule has 0 radical (unpaired) electrons. The molecule has 0 unspecified atom stereocenters. The number of nitrogens with two attached hydrogens (primary N) is 1. The summed E-state index contributed by atoms with van der Waals surface area (Å²) in [5, 5.41) is 2.92. The quantitative estimate of drug-likeness (QED) is 0.519.